The molecule has 1 fully saturated rings. The van der Waals surface area contributed by atoms with Crippen LogP contribution in [0, 0.1) is 0 Å². The molecule has 1 unspecified atom stereocenters. The van der Waals surface area contributed by atoms with Gasteiger partial charge in [0, 0.05) is 25.4 Å². The molecule has 19 heavy (non-hydrogen) atoms. The molecule has 5 heteroatoms. The average Bonchev–Trinajstić information content (AvgIpc) is 2.45. The molecule has 3 N–H and O–H groups in total. The normalized spacial score (nSPS) is 18.6. The van der Waals surface area contributed by atoms with Gasteiger partial charge < -0.3 is 20.3 Å². The molecule has 0 spiro atoms. The summed E-state index contributed by atoms with van der Waals surface area (Å²) in [5, 5.41) is 21.7. The third-order valence-corrected chi connectivity index (χ3v) is 4.40. The van der Waals surface area contributed by atoms with Crippen molar-refractivity contribution < 1.29 is 14.9 Å². The van der Waals surface area contributed by atoms with Gasteiger partial charge in [-0.1, -0.05) is 19.3 Å². The lowest BCUT2D eigenvalue weighted by atomic mass is 9.98. The Balaban J connectivity index is 1.85. The molecule has 0 bridgehead atoms. The summed E-state index contributed by atoms with van der Waals surface area (Å²) in [6.45, 7) is 2.23. The quantitative estimate of drug-likeness (QED) is 0.502. The lowest BCUT2D eigenvalue weighted by molar-refractivity contribution is -0.0227. The Morgan fingerprint density at radius 1 is 1.21 bits per heavy atom. The minimum Gasteiger partial charge on any atom is -0.396 e. The van der Waals surface area contributed by atoms with Crippen molar-refractivity contribution in [2.75, 3.05) is 37.8 Å². The lowest BCUT2D eigenvalue weighted by Crippen LogP contribution is -2.33. The first-order valence-electron chi connectivity index (χ1n) is 7.52. The van der Waals surface area contributed by atoms with Crippen LogP contribution in [-0.4, -0.2) is 60.2 Å². The molecule has 0 aliphatic heterocycles. The number of hydrogen-bond donors (Lipinski definition) is 3. The Hall–Kier alpha value is 0.190. The molecule has 0 heterocycles. The van der Waals surface area contributed by atoms with E-state index in [1.54, 1.807) is 0 Å². The average molecular weight is 291 g/mol. The highest BCUT2D eigenvalue weighted by atomic mass is 32.2. The fourth-order valence-electron chi connectivity index (χ4n) is 2.22. The fraction of sp³-hybridized carbons (Fsp3) is 1.00. The van der Waals surface area contributed by atoms with Crippen LogP contribution in [0.4, 0.5) is 0 Å². The monoisotopic (exact) mass is 291 g/mol. The summed E-state index contributed by atoms with van der Waals surface area (Å²) in [6, 6.07) is 0. The largest absolute Gasteiger partial charge is 0.396 e. The summed E-state index contributed by atoms with van der Waals surface area (Å²) >= 11 is 1.83. The van der Waals surface area contributed by atoms with Crippen molar-refractivity contribution in [3.63, 3.8) is 0 Å². The highest BCUT2D eigenvalue weighted by molar-refractivity contribution is 7.99. The highest BCUT2D eigenvalue weighted by Crippen LogP contribution is 2.20. The van der Waals surface area contributed by atoms with Gasteiger partial charge in [0.15, 0.2) is 0 Å². The molecule has 0 saturated heterocycles. The van der Waals surface area contributed by atoms with Crippen molar-refractivity contribution in [3.05, 3.63) is 0 Å². The predicted molar refractivity (Wildman–Crippen MR) is 80.7 cm³/mol. The van der Waals surface area contributed by atoms with E-state index in [0.29, 0.717) is 19.3 Å². The molecular weight excluding hydrogens is 262 g/mol. The maximum absolute atomic E-state index is 9.79. The van der Waals surface area contributed by atoms with E-state index >= 15 is 0 Å². The van der Waals surface area contributed by atoms with Crippen LogP contribution in [0.25, 0.3) is 0 Å². The van der Waals surface area contributed by atoms with Crippen molar-refractivity contribution in [1.82, 2.24) is 5.32 Å². The summed E-state index contributed by atoms with van der Waals surface area (Å²) in [4.78, 5) is 0. The van der Waals surface area contributed by atoms with Crippen molar-refractivity contribution in [1.29, 1.82) is 0 Å². The Labute approximate surface area is 121 Å². The molecule has 4 nitrogen and oxygen atoms in total. The van der Waals surface area contributed by atoms with Crippen molar-refractivity contribution in [2.45, 2.75) is 50.7 Å². The topological polar surface area (TPSA) is 61.7 Å². The van der Waals surface area contributed by atoms with Crippen LogP contribution in [0.15, 0.2) is 0 Å². The number of ether oxygens (including phenoxy) is 1. The summed E-state index contributed by atoms with van der Waals surface area (Å²) in [6.07, 6.45) is 7.01. The van der Waals surface area contributed by atoms with Gasteiger partial charge in [0.05, 0.1) is 18.8 Å². The zero-order chi connectivity index (χ0) is 13.8. The number of thioether (sulfide) groups is 1. The molecule has 0 radical (unpaired) electrons. The predicted octanol–water partition coefficient (Wildman–Crippen LogP) is 1.40. The first-order valence-corrected chi connectivity index (χ1v) is 8.67. The molecule has 0 aromatic heterocycles. The minimum atomic E-state index is -0.399. The lowest BCUT2D eigenvalue weighted by Gasteiger charge is -2.23. The molecule has 1 rings (SSSR count). The van der Waals surface area contributed by atoms with E-state index in [4.69, 9.17) is 9.84 Å². The Kier molecular flexibility index (Phi) is 10.9. The van der Waals surface area contributed by atoms with Crippen molar-refractivity contribution in [2.24, 2.45) is 0 Å². The number of rotatable bonds is 11. The third-order valence-electron chi connectivity index (χ3n) is 3.33. The molecule has 1 aliphatic rings. The Bertz CT molecular complexity index is 201. The van der Waals surface area contributed by atoms with Gasteiger partial charge in [-0.25, -0.2) is 0 Å². The van der Waals surface area contributed by atoms with E-state index in [1.807, 2.05) is 11.8 Å². The minimum absolute atomic E-state index is 0.275. The van der Waals surface area contributed by atoms with Crippen LogP contribution in [0.3, 0.4) is 0 Å². The first kappa shape index (κ1) is 17.2. The Morgan fingerprint density at radius 2 is 2.00 bits per heavy atom. The van der Waals surface area contributed by atoms with Crippen molar-refractivity contribution >= 4 is 11.8 Å². The second-order valence-electron chi connectivity index (χ2n) is 5.14. The van der Waals surface area contributed by atoms with Gasteiger partial charge in [0.2, 0.25) is 0 Å². The van der Waals surface area contributed by atoms with Crippen LogP contribution in [0.1, 0.15) is 38.5 Å². The van der Waals surface area contributed by atoms with E-state index < -0.39 is 6.10 Å². The first-order chi connectivity index (χ1) is 9.33. The van der Waals surface area contributed by atoms with Crippen LogP contribution in [0.2, 0.25) is 0 Å². The van der Waals surface area contributed by atoms with Gasteiger partial charge in [-0.15, -0.1) is 0 Å². The van der Waals surface area contributed by atoms with E-state index in [0.717, 1.165) is 37.3 Å². The second kappa shape index (κ2) is 12.0. The van der Waals surface area contributed by atoms with Crippen molar-refractivity contribution in [3.8, 4) is 0 Å². The van der Waals surface area contributed by atoms with E-state index in [9.17, 15) is 5.11 Å². The molecule has 1 saturated carbocycles. The standard InChI is InChI=1S/C14H29NO3S/c16-8-4-9-19-10-7-15-11-13(17)12-18-14-5-2-1-3-6-14/h13-17H,1-12H2. The van der Waals surface area contributed by atoms with E-state index in [-0.39, 0.29) is 6.61 Å². The maximum Gasteiger partial charge on any atom is 0.0897 e. The highest BCUT2D eigenvalue weighted by Gasteiger charge is 2.15. The summed E-state index contributed by atoms with van der Waals surface area (Å²) in [5.41, 5.74) is 0. The summed E-state index contributed by atoms with van der Waals surface area (Å²) in [5.74, 6) is 2.03. The van der Waals surface area contributed by atoms with Gasteiger partial charge in [-0.3, -0.25) is 0 Å². The number of aliphatic hydroxyl groups excluding tert-OH is 2. The maximum atomic E-state index is 9.79. The molecule has 114 valence electrons. The van der Waals surface area contributed by atoms with Crippen LogP contribution in [0.5, 0.6) is 0 Å². The molecule has 0 amide bonds. The zero-order valence-corrected chi connectivity index (χ0v) is 12.7. The van der Waals surface area contributed by atoms with Crippen LogP contribution in [-0.2, 0) is 4.74 Å². The third kappa shape index (κ3) is 9.68. The zero-order valence-electron chi connectivity index (χ0n) is 11.9. The Morgan fingerprint density at radius 3 is 2.74 bits per heavy atom. The number of nitrogens with one attached hydrogen (secondary N) is 1. The summed E-state index contributed by atoms with van der Waals surface area (Å²) < 4.78 is 5.73. The molecule has 0 aromatic rings. The SMILES string of the molecule is OCCCSCCNCC(O)COC1CCCCC1. The van der Waals surface area contributed by atoms with Gasteiger partial charge >= 0.3 is 0 Å². The van der Waals surface area contributed by atoms with Crippen LogP contribution >= 0.6 is 11.8 Å². The number of aliphatic hydroxyl groups is 2. The van der Waals surface area contributed by atoms with Gasteiger partial charge in [-0.05, 0) is 25.0 Å². The van der Waals surface area contributed by atoms with Gasteiger partial charge in [0.25, 0.3) is 0 Å². The van der Waals surface area contributed by atoms with Gasteiger partial charge in [-0.2, -0.15) is 11.8 Å². The number of hydrogen-bond acceptors (Lipinski definition) is 5. The van der Waals surface area contributed by atoms with E-state index in [2.05, 4.69) is 5.32 Å². The molecule has 1 atom stereocenters. The molecular formula is C14H29NO3S. The van der Waals surface area contributed by atoms with Gasteiger partial charge in [0.1, 0.15) is 0 Å². The second-order valence-corrected chi connectivity index (χ2v) is 6.37. The smallest absolute Gasteiger partial charge is 0.0897 e. The van der Waals surface area contributed by atoms with Crippen LogP contribution < -0.4 is 5.32 Å². The summed E-state index contributed by atoms with van der Waals surface area (Å²) in [7, 11) is 0. The molecule has 0 aromatic carbocycles. The van der Waals surface area contributed by atoms with E-state index in [1.165, 1.54) is 19.3 Å². The molecule has 1 aliphatic carbocycles. The fourth-order valence-corrected chi connectivity index (χ4v) is 3.05.